The summed E-state index contributed by atoms with van der Waals surface area (Å²) in [4.78, 5) is 11.1. The molecule has 0 spiro atoms. The predicted octanol–water partition coefficient (Wildman–Crippen LogP) is 2.62. The van der Waals surface area contributed by atoms with Crippen LogP contribution < -0.4 is 0 Å². The molecular weight excluding hydrogens is 195 g/mol. The third-order valence-corrected chi connectivity index (χ3v) is 3.25. The molecule has 2 rings (SSSR count). The molecule has 0 aliphatic heterocycles. The number of carbonyl (C=O) groups is 1. The number of benzene rings is 1. The van der Waals surface area contributed by atoms with E-state index < -0.39 is 11.4 Å². The maximum absolute atomic E-state index is 13.4. The number of carboxylic acid groups (broad SMARTS) is 1. The van der Waals surface area contributed by atoms with E-state index in [4.69, 9.17) is 5.11 Å². The second-order valence-corrected chi connectivity index (χ2v) is 4.21. The maximum Gasteiger partial charge on any atom is 0.309 e. The summed E-state index contributed by atoms with van der Waals surface area (Å²) in [7, 11) is 0. The molecule has 0 unspecified atom stereocenters. The van der Waals surface area contributed by atoms with E-state index in [1.54, 1.807) is 18.2 Å². The van der Waals surface area contributed by atoms with Crippen molar-refractivity contribution in [1.29, 1.82) is 0 Å². The SMILES string of the molecule is O=C(O)C1(Cc2ccccc2F)CCC1. The van der Waals surface area contributed by atoms with E-state index in [1.165, 1.54) is 6.07 Å². The average molecular weight is 208 g/mol. The lowest BCUT2D eigenvalue weighted by molar-refractivity contribution is -0.154. The van der Waals surface area contributed by atoms with Gasteiger partial charge in [0.1, 0.15) is 5.82 Å². The van der Waals surface area contributed by atoms with Crippen molar-refractivity contribution in [3.63, 3.8) is 0 Å². The van der Waals surface area contributed by atoms with E-state index in [2.05, 4.69) is 0 Å². The third kappa shape index (κ3) is 1.74. The van der Waals surface area contributed by atoms with E-state index in [9.17, 15) is 9.18 Å². The first-order valence-electron chi connectivity index (χ1n) is 5.11. The molecule has 0 saturated heterocycles. The number of hydrogen-bond acceptors (Lipinski definition) is 1. The Kier molecular flexibility index (Phi) is 2.47. The largest absolute Gasteiger partial charge is 0.481 e. The molecule has 1 saturated carbocycles. The Morgan fingerprint density at radius 3 is 2.53 bits per heavy atom. The highest BCUT2D eigenvalue weighted by molar-refractivity contribution is 5.76. The van der Waals surface area contributed by atoms with Crippen molar-refractivity contribution >= 4 is 5.97 Å². The monoisotopic (exact) mass is 208 g/mol. The van der Waals surface area contributed by atoms with E-state index >= 15 is 0 Å². The van der Waals surface area contributed by atoms with Crippen LogP contribution in [0.2, 0.25) is 0 Å². The molecule has 0 heterocycles. The molecule has 1 aromatic carbocycles. The quantitative estimate of drug-likeness (QED) is 0.829. The lowest BCUT2D eigenvalue weighted by Gasteiger charge is -2.37. The first kappa shape index (κ1) is 10.1. The molecule has 1 N–H and O–H groups in total. The van der Waals surface area contributed by atoms with Crippen molar-refractivity contribution in [2.75, 3.05) is 0 Å². The second-order valence-electron chi connectivity index (χ2n) is 4.21. The smallest absolute Gasteiger partial charge is 0.309 e. The fraction of sp³-hybridized carbons (Fsp3) is 0.417. The highest BCUT2D eigenvalue weighted by Crippen LogP contribution is 2.44. The summed E-state index contributed by atoms with van der Waals surface area (Å²) in [6.07, 6.45) is 2.57. The summed E-state index contributed by atoms with van der Waals surface area (Å²) in [5.74, 6) is -1.10. The number of hydrogen-bond donors (Lipinski definition) is 1. The predicted molar refractivity (Wildman–Crippen MR) is 54.0 cm³/mol. The highest BCUT2D eigenvalue weighted by Gasteiger charge is 2.44. The van der Waals surface area contributed by atoms with Crippen LogP contribution in [0.25, 0.3) is 0 Å². The summed E-state index contributed by atoms with van der Waals surface area (Å²) >= 11 is 0. The van der Waals surface area contributed by atoms with Gasteiger partial charge in [-0.25, -0.2) is 4.39 Å². The molecule has 0 radical (unpaired) electrons. The van der Waals surface area contributed by atoms with E-state index in [0.717, 1.165) is 6.42 Å². The van der Waals surface area contributed by atoms with Crippen LogP contribution in [0.1, 0.15) is 24.8 Å². The summed E-state index contributed by atoms with van der Waals surface area (Å²) in [5.41, 5.74) is -0.193. The zero-order valence-corrected chi connectivity index (χ0v) is 8.37. The number of aliphatic carboxylic acids is 1. The molecule has 0 bridgehead atoms. The van der Waals surface area contributed by atoms with Crippen LogP contribution in [-0.4, -0.2) is 11.1 Å². The van der Waals surface area contributed by atoms with Gasteiger partial charge in [0.25, 0.3) is 0 Å². The molecule has 80 valence electrons. The van der Waals surface area contributed by atoms with Crippen LogP contribution >= 0.6 is 0 Å². The fourth-order valence-electron chi connectivity index (χ4n) is 2.08. The number of halogens is 1. The Bertz CT molecular complexity index is 383. The Morgan fingerprint density at radius 2 is 2.07 bits per heavy atom. The van der Waals surface area contributed by atoms with E-state index in [0.29, 0.717) is 24.8 Å². The van der Waals surface area contributed by atoms with Gasteiger partial charge in [-0.3, -0.25) is 4.79 Å². The Morgan fingerprint density at radius 1 is 1.40 bits per heavy atom. The molecule has 2 nitrogen and oxygen atoms in total. The number of rotatable bonds is 3. The van der Waals surface area contributed by atoms with Gasteiger partial charge in [-0.05, 0) is 30.9 Å². The van der Waals surface area contributed by atoms with Crippen molar-refractivity contribution in [1.82, 2.24) is 0 Å². The van der Waals surface area contributed by atoms with E-state index in [-0.39, 0.29) is 5.82 Å². The van der Waals surface area contributed by atoms with Crippen LogP contribution in [0.15, 0.2) is 24.3 Å². The summed E-state index contributed by atoms with van der Waals surface area (Å²) in [6, 6.07) is 6.40. The molecule has 0 amide bonds. The van der Waals surface area contributed by atoms with Crippen molar-refractivity contribution in [2.45, 2.75) is 25.7 Å². The van der Waals surface area contributed by atoms with Crippen molar-refractivity contribution in [3.8, 4) is 0 Å². The summed E-state index contributed by atoms with van der Waals surface area (Å²) in [5, 5.41) is 9.11. The minimum atomic E-state index is -0.794. The highest BCUT2D eigenvalue weighted by atomic mass is 19.1. The first-order chi connectivity index (χ1) is 7.14. The van der Waals surface area contributed by atoms with Crippen LogP contribution in [-0.2, 0) is 11.2 Å². The van der Waals surface area contributed by atoms with Crippen LogP contribution in [0.4, 0.5) is 4.39 Å². The molecule has 1 aliphatic rings. The van der Waals surface area contributed by atoms with Crippen LogP contribution in [0.3, 0.4) is 0 Å². The van der Waals surface area contributed by atoms with Crippen LogP contribution in [0, 0.1) is 11.2 Å². The average Bonchev–Trinajstić information content (AvgIpc) is 2.13. The topological polar surface area (TPSA) is 37.3 Å². The number of carboxylic acids is 1. The van der Waals surface area contributed by atoms with E-state index in [1.807, 2.05) is 0 Å². The molecule has 0 aromatic heterocycles. The van der Waals surface area contributed by atoms with Gasteiger partial charge in [-0.2, -0.15) is 0 Å². The van der Waals surface area contributed by atoms with Crippen molar-refractivity contribution < 1.29 is 14.3 Å². The maximum atomic E-state index is 13.4. The molecule has 0 atom stereocenters. The Hall–Kier alpha value is -1.38. The Labute approximate surface area is 87.7 Å². The summed E-state index contributed by atoms with van der Waals surface area (Å²) in [6.45, 7) is 0. The van der Waals surface area contributed by atoms with Gasteiger partial charge in [0, 0.05) is 0 Å². The molecule has 1 fully saturated rings. The van der Waals surface area contributed by atoms with Crippen molar-refractivity contribution in [3.05, 3.63) is 35.6 Å². The molecule has 1 aliphatic carbocycles. The van der Waals surface area contributed by atoms with Gasteiger partial charge < -0.3 is 5.11 Å². The molecule has 15 heavy (non-hydrogen) atoms. The first-order valence-corrected chi connectivity index (χ1v) is 5.11. The standard InChI is InChI=1S/C12H13FO2/c13-10-5-2-1-4-9(10)8-12(11(14)15)6-3-7-12/h1-2,4-5H,3,6-8H2,(H,14,15). The minimum absolute atomic E-state index is 0.301. The van der Waals surface area contributed by atoms with Gasteiger partial charge in [0.15, 0.2) is 0 Å². The zero-order chi connectivity index (χ0) is 10.9. The van der Waals surface area contributed by atoms with Gasteiger partial charge in [0.2, 0.25) is 0 Å². The zero-order valence-electron chi connectivity index (χ0n) is 8.37. The van der Waals surface area contributed by atoms with Crippen LogP contribution in [0.5, 0.6) is 0 Å². The lowest BCUT2D eigenvalue weighted by atomic mass is 9.65. The minimum Gasteiger partial charge on any atom is -0.481 e. The van der Waals surface area contributed by atoms with Crippen molar-refractivity contribution in [2.24, 2.45) is 5.41 Å². The van der Waals surface area contributed by atoms with Gasteiger partial charge in [-0.1, -0.05) is 24.6 Å². The Balaban J connectivity index is 2.21. The molecule has 1 aromatic rings. The molecular formula is C12H13FO2. The summed E-state index contributed by atoms with van der Waals surface area (Å²) < 4.78 is 13.4. The normalized spacial score (nSPS) is 18.2. The van der Waals surface area contributed by atoms with Gasteiger partial charge >= 0.3 is 5.97 Å². The third-order valence-electron chi connectivity index (χ3n) is 3.25. The second kappa shape index (κ2) is 3.65. The fourth-order valence-corrected chi connectivity index (χ4v) is 2.08. The lowest BCUT2D eigenvalue weighted by Crippen LogP contribution is -2.40. The van der Waals surface area contributed by atoms with Gasteiger partial charge in [-0.15, -0.1) is 0 Å². The van der Waals surface area contributed by atoms with Gasteiger partial charge in [0.05, 0.1) is 5.41 Å². The molecule has 3 heteroatoms.